The minimum atomic E-state index is -3.88. The molecule has 0 fully saturated rings. The molecule has 7 heteroatoms. The second-order valence-electron chi connectivity index (χ2n) is 5.78. The summed E-state index contributed by atoms with van der Waals surface area (Å²) in [6, 6.07) is 6.99. The molecule has 0 heterocycles. The minimum Gasteiger partial charge on any atom is -0.480 e. The van der Waals surface area contributed by atoms with Gasteiger partial charge in [0.05, 0.1) is 17.4 Å². The molecule has 1 aromatic carbocycles. The van der Waals surface area contributed by atoms with Crippen LogP contribution in [0.5, 0.6) is 0 Å². The summed E-state index contributed by atoms with van der Waals surface area (Å²) in [4.78, 5) is 11.2. The van der Waals surface area contributed by atoms with Crippen molar-refractivity contribution in [2.75, 3.05) is 0 Å². The summed E-state index contributed by atoms with van der Waals surface area (Å²) in [5.74, 6) is -1.67. The molecule has 0 amide bonds. The van der Waals surface area contributed by atoms with Crippen molar-refractivity contribution in [2.45, 2.75) is 32.6 Å². The van der Waals surface area contributed by atoms with Crippen LogP contribution in [-0.4, -0.2) is 25.5 Å². The number of aliphatic carboxylic acids is 1. The van der Waals surface area contributed by atoms with E-state index in [2.05, 4.69) is 4.72 Å². The summed E-state index contributed by atoms with van der Waals surface area (Å²) in [6.45, 7) is 4.91. The molecule has 21 heavy (non-hydrogen) atoms. The molecule has 1 unspecified atom stereocenters. The lowest BCUT2D eigenvalue weighted by molar-refractivity contribution is -0.141. The summed E-state index contributed by atoms with van der Waals surface area (Å²) < 4.78 is 26.5. The maximum absolute atomic E-state index is 12.1. The highest BCUT2D eigenvalue weighted by molar-refractivity contribution is 7.88. The Labute approximate surface area is 124 Å². The van der Waals surface area contributed by atoms with Gasteiger partial charge in [0.2, 0.25) is 10.0 Å². The molecule has 0 aromatic heterocycles. The van der Waals surface area contributed by atoms with Gasteiger partial charge in [-0.3, -0.25) is 4.79 Å². The van der Waals surface area contributed by atoms with E-state index in [1.165, 1.54) is 12.1 Å². The molecule has 1 rings (SSSR count). The van der Waals surface area contributed by atoms with Crippen molar-refractivity contribution < 1.29 is 18.3 Å². The molecule has 2 N–H and O–H groups in total. The molecule has 1 aromatic rings. The number of carboxylic acid groups (broad SMARTS) is 1. The lowest BCUT2D eigenvalue weighted by Gasteiger charge is -2.27. The van der Waals surface area contributed by atoms with Crippen molar-refractivity contribution in [1.29, 1.82) is 5.26 Å². The van der Waals surface area contributed by atoms with Crippen molar-refractivity contribution in [3.8, 4) is 6.07 Å². The Morgan fingerprint density at radius 3 is 2.43 bits per heavy atom. The van der Waals surface area contributed by atoms with E-state index in [1.807, 2.05) is 6.07 Å². The summed E-state index contributed by atoms with van der Waals surface area (Å²) in [5, 5.41) is 18.1. The van der Waals surface area contributed by atoms with Gasteiger partial charge >= 0.3 is 5.97 Å². The van der Waals surface area contributed by atoms with E-state index < -0.39 is 33.2 Å². The van der Waals surface area contributed by atoms with Gasteiger partial charge in [-0.05, 0) is 17.0 Å². The van der Waals surface area contributed by atoms with Gasteiger partial charge in [-0.15, -0.1) is 0 Å². The Kier molecular flexibility index (Phi) is 5.10. The van der Waals surface area contributed by atoms with Gasteiger partial charge in [0.1, 0.15) is 6.04 Å². The van der Waals surface area contributed by atoms with Gasteiger partial charge in [-0.1, -0.05) is 39.0 Å². The zero-order chi connectivity index (χ0) is 16.3. The van der Waals surface area contributed by atoms with E-state index >= 15 is 0 Å². The number of benzene rings is 1. The maximum Gasteiger partial charge on any atom is 0.322 e. The van der Waals surface area contributed by atoms with Gasteiger partial charge in [0.25, 0.3) is 0 Å². The fourth-order valence-electron chi connectivity index (χ4n) is 1.78. The zero-order valence-electron chi connectivity index (χ0n) is 12.1. The van der Waals surface area contributed by atoms with Gasteiger partial charge < -0.3 is 5.11 Å². The maximum atomic E-state index is 12.1. The number of sulfonamides is 1. The predicted molar refractivity (Wildman–Crippen MR) is 77.8 cm³/mol. The first-order chi connectivity index (χ1) is 9.57. The van der Waals surface area contributed by atoms with Crippen LogP contribution in [-0.2, 0) is 20.6 Å². The lowest BCUT2D eigenvalue weighted by atomic mass is 9.88. The van der Waals surface area contributed by atoms with E-state index in [0.29, 0.717) is 5.56 Å². The van der Waals surface area contributed by atoms with Crippen molar-refractivity contribution in [1.82, 2.24) is 4.72 Å². The highest BCUT2D eigenvalue weighted by atomic mass is 32.2. The molecule has 0 spiro atoms. The molecular weight excluding hydrogens is 292 g/mol. The monoisotopic (exact) mass is 310 g/mol. The first kappa shape index (κ1) is 17.1. The molecule has 0 saturated heterocycles. The minimum absolute atomic E-state index is 0.255. The number of nitrogens with one attached hydrogen (secondary N) is 1. The Morgan fingerprint density at radius 1 is 1.38 bits per heavy atom. The van der Waals surface area contributed by atoms with Crippen LogP contribution in [0.4, 0.5) is 0 Å². The molecule has 0 saturated carbocycles. The van der Waals surface area contributed by atoms with Crippen molar-refractivity contribution in [2.24, 2.45) is 5.41 Å². The number of carbonyl (C=O) groups is 1. The average molecular weight is 310 g/mol. The van der Waals surface area contributed by atoms with Crippen LogP contribution in [0.1, 0.15) is 31.9 Å². The van der Waals surface area contributed by atoms with Crippen LogP contribution in [0.25, 0.3) is 0 Å². The fourth-order valence-corrected chi connectivity index (χ4v) is 3.34. The fraction of sp³-hybridized carbons (Fsp3) is 0.429. The normalized spacial score (nSPS) is 13.4. The highest BCUT2D eigenvalue weighted by Crippen LogP contribution is 2.21. The van der Waals surface area contributed by atoms with Gasteiger partial charge in [-0.25, -0.2) is 13.1 Å². The third kappa shape index (κ3) is 4.85. The van der Waals surface area contributed by atoms with Gasteiger partial charge in [0.15, 0.2) is 0 Å². The lowest BCUT2D eigenvalue weighted by Crippen LogP contribution is -2.49. The van der Waals surface area contributed by atoms with Crippen molar-refractivity contribution >= 4 is 16.0 Å². The van der Waals surface area contributed by atoms with E-state index in [-0.39, 0.29) is 5.56 Å². The van der Waals surface area contributed by atoms with Crippen LogP contribution in [0.3, 0.4) is 0 Å². The third-order valence-electron chi connectivity index (χ3n) is 2.89. The predicted octanol–water partition coefficient (Wildman–Crippen LogP) is 1.48. The van der Waals surface area contributed by atoms with Gasteiger partial charge in [-0.2, -0.15) is 5.26 Å². The van der Waals surface area contributed by atoms with Crippen LogP contribution in [0, 0.1) is 16.7 Å². The highest BCUT2D eigenvalue weighted by Gasteiger charge is 2.34. The zero-order valence-corrected chi connectivity index (χ0v) is 12.9. The topological polar surface area (TPSA) is 107 Å². The second kappa shape index (κ2) is 6.24. The van der Waals surface area contributed by atoms with Crippen LogP contribution in [0.2, 0.25) is 0 Å². The third-order valence-corrected chi connectivity index (χ3v) is 4.18. The molecule has 0 aliphatic carbocycles. The van der Waals surface area contributed by atoms with E-state index in [0.717, 1.165) is 0 Å². The molecule has 6 nitrogen and oxygen atoms in total. The molecule has 1 atom stereocenters. The van der Waals surface area contributed by atoms with E-state index in [9.17, 15) is 13.2 Å². The van der Waals surface area contributed by atoms with Gasteiger partial charge in [0, 0.05) is 0 Å². The Balaban J connectivity index is 3.02. The number of nitriles is 1. The Bertz CT molecular complexity index is 669. The second-order valence-corrected chi connectivity index (χ2v) is 7.54. The number of hydrogen-bond acceptors (Lipinski definition) is 4. The molecule has 0 radical (unpaired) electrons. The summed E-state index contributed by atoms with van der Waals surface area (Å²) in [7, 11) is -3.88. The summed E-state index contributed by atoms with van der Waals surface area (Å²) >= 11 is 0. The van der Waals surface area contributed by atoms with E-state index in [4.69, 9.17) is 10.4 Å². The molecule has 114 valence electrons. The number of rotatable bonds is 5. The Hall–Kier alpha value is -1.91. The first-order valence-corrected chi connectivity index (χ1v) is 7.93. The quantitative estimate of drug-likeness (QED) is 0.856. The number of carboxylic acids is 1. The van der Waals surface area contributed by atoms with E-state index in [1.54, 1.807) is 32.9 Å². The van der Waals surface area contributed by atoms with Crippen LogP contribution >= 0.6 is 0 Å². The van der Waals surface area contributed by atoms with Crippen molar-refractivity contribution in [3.63, 3.8) is 0 Å². The summed E-state index contributed by atoms with van der Waals surface area (Å²) in [5.41, 5.74) is -0.177. The summed E-state index contributed by atoms with van der Waals surface area (Å²) in [6.07, 6.45) is 0. The van der Waals surface area contributed by atoms with Crippen molar-refractivity contribution in [3.05, 3.63) is 35.4 Å². The standard InChI is InChI=1S/C14H18N2O4S/c1-14(2,3)12(13(17)18)16-21(19,20)9-11-7-5-4-6-10(11)8-15/h4-7,12,16H,9H2,1-3H3,(H,17,18). The van der Waals surface area contributed by atoms with Crippen LogP contribution < -0.4 is 4.72 Å². The first-order valence-electron chi connectivity index (χ1n) is 6.27. The molecular formula is C14H18N2O4S. The molecule has 0 aliphatic rings. The SMILES string of the molecule is CC(C)(C)C(NS(=O)(=O)Cc1ccccc1C#N)C(=O)O. The largest absolute Gasteiger partial charge is 0.480 e. The average Bonchev–Trinajstić information content (AvgIpc) is 2.34. The molecule has 0 bridgehead atoms. The number of hydrogen-bond donors (Lipinski definition) is 2. The smallest absolute Gasteiger partial charge is 0.322 e. The Morgan fingerprint density at radius 2 is 1.95 bits per heavy atom. The number of nitrogens with zero attached hydrogens (tertiary/aromatic N) is 1. The molecule has 0 aliphatic heterocycles. The van der Waals surface area contributed by atoms with Crippen LogP contribution in [0.15, 0.2) is 24.3 Å².